The fourth-order valence-corrected chi connectivity index (χ4v) is 3.85. The lowest BCUT2D eigenvalue weighted by Gasteiger charge is -2.23. The molecule has 1 aliphatic heterocycles. The van der Waals surface area contributed by atoms with Gasteiger partial charge in [0.2, 0.25) is 0 Å². The van der Waals surface area contributed by atoms with Crippen molar-refractivity contribution in [2.75, 3.05) is 31.6 Å². The lowest BCUT2D eigenvalue weighted by molar-refractivity contribution is 0.0925. The Balaban J connectivity index is 2.03. The van der Waals surface area contributed by atoms with E-state index in [1.807, 2.05) is 31.2 Å². The number of rotatable bonds is 6. The fourth-order valence-electron chi connectivity index (χ4n) is 3.26. The molecule has 1 aromatic carbocycles. The van der Waals surface area contributed by atoms with Gasteiger partial charge in [0.15, 0.2) is 0 Å². The number of nitrogens with zero attached hydrogens (tertiary/aromatic N) is 1. The second-order valence-corrected chi connectivity index (χ2v) is 9.51. The van der Waals surface area contributed by atoms with Crippen LogP contribution < -0.4 is 5.32 Å². The van der Waals surface area contributed by atoms with E-state index >= 15 is 0 Å². The highest BCUT2D eigenvalue weighted by Crippen LogP contribution is 2.24. The van der Waals surface area contributed by atoms with Crippen LogP contribution >= 0.6 is 0 Å². The molecule has 2 rings (SSSR count). The van der Waals surface area contributed by atoms with Crippen LogP contribution in [0.3, 0.4) is 0 Å². The van der Waals surface area contributed by atoms with E-state index in [0.29, 0.717) is 30.5 Å². The monoisotopic (exact) mass is 352 g/mol. The van der Waals surface area contributed by atoms with Crippen LogP contribution in [0.4, 0.5) is 0 Å². The molecule has 1 N–H and O–H groups in total. The molecule has 0 bridgehead atoms. The first-order chi connectivity index (χ1) is 11.2. The van der Waals surface area contributed by atoms with Gasteiger partial charge in [0.25, 0.3) is 5.91 Å². The van der Waals surface area contributed by atoms with Gasteiger partial charge in [-0.1, -0.05) is 31.5 Å². The van der Waals surface area contributed by atoms with Crippen molar-refractivity contribution in [3.8, 4) is 0 Å². The molecule has 0 radical (unpaired) electrons. The van der Waals surface area contributed by atoms with E-state index in [9.17, 15) is 13.2 Å². The molecule has 1 fully saturated rings. The number of carbonyl (C=O) groups excluding carboxylic acids is 1. The summed E-state index contributed by atoms with van der Waals surface area (Å²) in [7, 11) is -2.97. The first-order valence-corrected chi connectivity index (χ1v) is 10.5. The Kier molecular flexibility index (Phi) is 6.04. The van der Waals surface area contributed by atoms with Crippen LogP contribution in [-0.2, 0) is 9.84 Å². The molecular formula is C18H28N2O3S. The molecule has 1 saturated heterocycles. The summed E-state index contributed by atoms with van der Waals surface area (Å²) < 4.78 is 22.8. The lowest BCUT2D eigenvalue weighted by atomic mass is 9.91. The predicted molar refractivity (Wildman–Crippen MR) is 96.9 cm³/mol. The van der Waals surface area contributed by atoms with Gasteiger partial charge < -0.3 is 5.32 Å². The van der Waals surface area contributed by atoms with Crippen LogP contribution in [0.2, 0.25) is 0 Å². The molecule has 0 saturated carbocycles. The molecule has 0 aromatic heterocycles. The zero-order valence-corrected chi connectivity index (χ0v) is 15.8. The highest BCUT2D eigenvalue weighted by atomic mass is 32.2. The molecular weight excluding hydrogens is 324 g/mol. The molecule has 1 amide bonds. The summed E-state index contributed by atoms with van der Waals surface area (Å²) >= 11 is 0. The standard InChI is InChI=1S/C18H28N2O3S/c1-13(2)16-11-20(8-9-24(4,22)23)12-17(16)19-18(21)15-7-5-6-14(3)10-15/h5-7,10,13,16-17H,8-9,11-12H2,1-4H3,(H,19,21). The molecule has 1 heterocycles. The zero-order valence-electron chi connectivity index (χ0n) is 15.0. The van der Waals surface area contributed by atoms with Gasteiger partial charge in [-0.05, 0) is 30.9 Å². The fraction of sp³-hybridized carbons (Fsp3) is 0.611. The number of hydrogen-bond donors (Lipinski definition) is 1. The van der Waals surface area contributed by atoms with Crippen molar-refractivity contribution < 1.29 is 13.2 Å². The van der Waals surface area contributed by atoms with Gasteiger partial charge in [-0.25, -0.2) is 8.42 Å². The summed E-state index contributed by atoms with van der Waals surface area (Å²) in [5.41, 5.74) is 1.73. The topological polar surface area (TPSA) is 66.5 Å². The number of carbonyl (C=O) groups is 1. The van der Waals surface area contributed by atoms with E-state index in [1.54, 1.807) is 0 Å². The van der Waals surface area contributed by atoms with Crippen molar-refractivity contribution >= 4 is 15.7 Å². The van der Waals surface area contributed by atoms with Crippen LogP contribution in [0.25, 0.3) is 0 Å². The second kappa shape index (κ2) is 7.66. The Bertz CT molecular complexity index is 685. The summed E-state index contributed by atoms with van der Waals surface area (Å²) in [6, 6.07) is 7.62. The average molecular weight is 353 g/mol. The lowest BCUT2D eigenvalue weighted by Crippen LogP contribution is -2.42. The zero-order chi connectivity index (χ0) is 17.9. The van der Waals surface area contributed by atoms with Crippen molar-refractivity contribution in [3.05, 3.63) is 35.4 Å². The maximum atomic E-state index is 12.5. The van der Waals surface area contributed by atoms with Crippen molar-refractivity contribution in [2.45, 2.75) is 26.8 Å². The third-order valence-electron chi connectivity index (χ3n) is 4.67. The molecule has 6 heteroatoms. The maximum Gasteiger partial charge on any atom is 0.251 e. The minimum absolute atomic E-state index is 0.0533. The van der Waals surface area contributed by atoms with Gasteiger partial charge in [-0.15, -0.1) is 0 Å². The molecule has 24 heavy (non-hydrogen) atoms. The molecule has 1 aromatic rings. The summed E-state index contributed by atoms with van der Waals surface area (Å²) in [5.74, 6) is 0.866. The Hall–Kier alpha value is -1.40. The smallest absolute Gasteiger partial charge is 0.251 e. The molecule has 2 unspecified atom stereocenters. The number of benzene rings is 1. The van der Waals surface area contributed by atoms with E-state index in [0.717, 1.165) is 12.1 Å². The Morgan fingerprint density at radius 2 is 2.04 bits per heavy atom. The van der Waals surface area contributed by atoms with Gasteiger partial charge in [-0.3, -0.25) is 9.69 Å². The minimum atomic E-state index is -2.97. The summed E-state index contributed by atoms with van der Waals surface area (Å²) in [4.78, 5) is 14.7. The third kappa shape index (κ3) is 5.31. The molecule has 5 nitrogen and oxygen atoms in total. The number of sulfone groups is 1. The maximum absolute atomic E-state index is 12.5. The number of aryl methyl sites for hydroxylation is 1. The molecule has 134 valence electrons. The van der Waals surface area contributed by atoms with Gasteiger partial charge in [0, 0.05) is 37.5 Å². The molecule has 0 spiro atoms. The van der Waals surface area contributed by atoms with E-state index in [2.05, 4.69) is 24.1 Å². The SMILES string of the molecule is Cc1cccc(C(=O)NC2CN(CCS(C)(=O)=O)CC2C(C)C)c1. The second-order valence-electron chi connectivity index (χ2n) is 7.25. The normalized spacial score (nSPS) is 22.0. The number of nitrogens with one attached hydrogen (secondary N) is 1. The highest BCUT2D eigenvalue weighted by molar-refractivity contribution is 7.90. The van der Waals surface area contributed by atoms with Crippen molar-refractivity contribution in [1.29, 1.82) is 0 Å². The predicted octanol–water partition coefficient (Wildman–Crippen LogP) is 1.73. The Morgan fingerprint density at radius 3 is 2.62 bits per heavy atom. The molecule has 0 aliphatic carbocycles. The summed E-state index contributed by atoms with van der Waals surface area (Å²) in [5, 5.41) is 3.15. The average Bonchev–Trinajstić information content (AvgIpc) is 2.87. The quantitative estimate of drug-likeness (QED) is 0.847. The van der Waals surface area contributed by atoms with Crippen LogP contribution in [0.5, 0.6) is 0 Å². The van der Waals surface area contributed by atoms with Gasteiger partial charge in [0.05, 0.1) is 5.75 Å². The summed E-state index contributed by atoms with van der Waals surface area (Å²) in [6.45, 7) is 8.32. The van der Waals surface area contributed by atoms with Crippen molar-refractivity contribution in [1.82, 2.24) is 10.2 Å². The van der Waals surface area contributed by atoms with Crippen molar-refractivity contribution in [2.24, 2.45) is 11.8 Å². The Morgan fingerprint density at radius 1 is 1.33 bits per heavy atom. The highest BCUT2D eigenvalue weighted by Gasteiger charge is 2.35. The van der Waals surface area contributed by atoms with Crippen LogP contribution in [0, 0.1) is 18.8 Å². The van der Waals surface area contributed by atoms with Crippen LogP contribution in [-0.4, -0.2) is 56.9 Å². The van der Waals surface area contributed by atoms with Crippen LogP contribution in [0.15, 0.2) is 24.3 Å². The van der Waals surface area contributed by atoms with Gasteiger partial charge >= 0.3 is 0 Å². The first-order valence-electron chi connectivity index (χ1n) is 8.43. The van der Waals surface area contributed by atoms with E-state index in [-0.39, 0.29) is 17.7 Å². The van der Waals surface area contributed by atoms with Gasteiger partial charge in [-0.2, -0.15) is 0 Å². The van der Waals surface area contributed by atoms with Crippen molar-refractivity contribution in [3.63, 3.8) is 0 Å². The molecule has 2 atom stereocenters. The van der Waals surface area contributed by atoms with Gasteiger partial charge in [0.1, 0.15) is 9.84 Å². The number of likely N-dealkylation sites (tertiary alicyclic amines) is 1. The van der Waals surface area contributed by atoms with E-state index in [1.165, 1.54) is 6.26 Å². The Labute approximate surface area is 145 Å². The van der Waals surface area contributed by atoms with E-state index in [4.69, 9.17) is 0 Å². The first kappa shape index (κ1) is 18.9. The number of hydrogen-bond acceptors (Lipinski definition) is 4. The minimum Gasteiger partial charge on any atom is -0.348 e. The number of amides is 1. The molecule has 1 aliphatic rings. The summed E-state index contributed by atoms with van der Waals surface area (Å²) in [6.07, 6.45) is 1.26. The van der Waals surface area contributed by atoms with Crippen LogP contribution in [0.1, 0.15) is 29.8 Å². The van der Waals surface area contributed by atoms with E-state index < -0.39 is 9.84 Å². The largest absolute Gasteiger partial charge is 0.348 e. The third-order valence-corrected chi connectivity index (χ3v) is 5.60.